The Balaban J connectivity index is 1.97. The monoisotopic (exact) mass is 301 g/mol. The molecule has 4 nitrogen and oxygen atoms in total. The van der Waals surface area contributed by atoms with Gasteiger partial charge < -0.3 is 10.0 Å². The molecule has 2 fully saturated rings. The van der Waals surface area contributed by atoms with Crippen molar-refractivity contribution in [3.63, 3.8) is 0 Å². The molecule has 0 aromatic heterocycles. The van der Waals surface area contributed by atoms with E-state index < -0.39 is 12.0 Å². The van der Waals surface area contributed by atoms with Crippen molar-refractivity contribution < 1.29 is 14.7 Å². The van der Waals surface area contributed by atoms with E-state index in [9.17, 15) is 14.7 Å². The van der Waals surface area contributed by atoms with E-state index in [0.717, 1.165) is 36.8 Å². The summed E-state index contributed by atoms with van der Waals surface area (Å²) in [6.45, 7) is 3.87. The van der Waals surface area contributed by atoms with E-state index in [0.29, 0.717) is 17.9 Å². The van der Waals surface area contributed by atoms with Crippen molar-refractivity contribution >= 4 is 11.9 Å². The summed E-state index contributed by atoms with van der Waals surface area (Å²) in [4.78, 5) is 26.4. The van der Waals surface area contributed by atoms with Crippen LogP contribution in [0.3, 0.4) is 0 Å². The molecule has 1 aromatic carbocycles. The van der Waals surface area contributed by atoms with Crippen LogP contribution < -0.4 is 0 Å². The third kappa shape index (κ3) is 2.51. The second-order valence-corrected chi connectivity index (χ2v) is 6.73. The highest BCUT2D eigenvalue weighted by Gasteiger charge is 2.47. The SMILES string of the molecule is Cc1ccc(C)c(C(=O)N2C(C(=O)O)CC3CCCCC32)c1. The number of likely N-dealkylation sites (tertiary alicyclic amines) is 1. The molecule has 1 saturated carbocycles. The number of hydrogen-bond acceptors (Lipinski definition) is 2. The van der Waals surface area contributed by atoms with E-state index in [1.54, 1.807) is 4.90 Å². The number of rotatable bonds is 2. The number of benzene rings is 1. The van der Waals surface area contributed by atoms with Gasteiger partial charge in [-0.3, -0.25) is 4.79 Å². The molecule has 4 heteroatoms. The van der Waals surface area contributed by atoms with Crippen LogP contribution in [0.25, 0.3) is 0 Å². The van der Waals surface area contributed by atoms with Gasteiger partial charge in [0.25, 0.3) is 5.91 Å². The van der Waals surface area contributed by atoms with Crippen LogP contribution in [0.1, 0.15) is 53.6 Å². The fourth-order valence-electron chi connectivity index (χ4n) is 4.08. The molecule has 3 rings (SSSR count). The molecule has 118 valence electrons. The zero-order valence-electron chi connectivity index (χ0n) is 13.2. The average molecular weight is 301 g/mol. The number of carboxylic acids is 1. The van der Waals surface area contributed by atoms with Crippen LogP contribution in [0.5, 0.6) is 0 Å². The van der Waals surface area contributed by atoms with Gasteiger partial charge >= 0.3 is 5.97 Å². The first-order valence-electron chi connectivity index (χ1n) is 8.11. The summed E-state index contributed by atoms with van der Waals surface area (Å²) in [7, 11) is 0. The molecule has 1 heterocycles. The van der Waals surface area contributed by atoms with Gasteiger partial charge in [0, 0.05) is 11.6 Å². The number of nitrogens with zero attached hydrogens (tertiary/aromatic N) is 1. The number of carbonyl (C=O) groups is 2. The highest BCUT2D eigenvalue weighted by molar-refractivity contribution is 5.98. The smallest absolute Gasteiger partial charge is 0.326 e. The van der Waals surface area contributed by atoms with Gasteiger partial charge in [-0.1, -0.05) is 30.5 Å². The molecule has 1 saturated heterocycles. The zero-order valence-corrected chi connectivity index (χ0v) is 13.2. The fourth-order valence-corrected chi connectivity index (χ4v) is 4.08. The van der Waals surface area contributed by atoms with Crippen LogP contribution in [-0.2, 0) is 4.79 Å². The Morgan fingerprint density at radius 2 is 1.91 bits per heavy atom. The summed E-state index contributed by atoms with van der Waals surface area (Å²) in [6, 6.07) is 5.23. The first kappa shape index (κ1) is 15.1. The summed E-state index contributed by atoms with van der Waals surface area (Å²) >= 11 is 0. The quantitative estimate of drug-likeness (QED) is 0.913. The number of aliphatic carboxylic acids is 1. The van der Waals surface area contributed by atoms with E-state index in [-0.39, 0.29) is 11.9 Å². The lowest BCUT2D eigenvalue weighted by Crippen LogP contribution is -2.46. The maximum atomic E-state index is 13.1. The van der Waals surface area contributed by atoms with E-state index in [1.807, 2.05) is 32.0 Å². The predicted octanol–water partition coefficient (Wildman–Crippen LogP) is 3.16. The Labute approximate surface area is 131 Å². The van der Waals surface area contributed by atoms with Gasteiger partial charge in [-0.05, 0) is 50.7 Å². The maximum absolute atomic E-state index is 13.1. The summed E-state index contributed by atoms with van der Waals surface area (Å²) in [5, 5.41) is 9.56. The second kappa shape index (κ2) is 5.75. The van der Waals surface area contributed by atoms with E-state index in [2.05, 4.69) is 0 Å². The van der Waals surface area contributed by atoms with Gasteiger partial charge in [0.2, 0.25) is 0 Å². The van der Waals surface area contributed by atoms with E-state index in [1.165, 1.54) is 0 Å². The number of carbonyl (C=O) groups excluding carboxylic acids is 1. The lowest BCUT2D eigenvalue weighted by atomic mass is 9.84. The van der Waals surface area contributed by atoms with Crippen LogP contribution in [0.2, 0.25) is 0 Å². The number of carboxylic acid groups (broad SMARTS) is 1. The van der Waals surface area contributed by atoms with Crippen molar-refractivity contribution in [2.24, 2.45) is 5.92 Å². The van der Waals surface area contributed by atoms with Gasteiger partial charge in [-0.25, -0.2) is 4.79 Å². The Hall–Kier alpha value is -1.84. The molecule has 1 amide bonds. The molecule has 1 aliphatic heterocycles. The normalized spacial score (nSPS) is 27.5. The van der Waals surface area contributed by atoms with Crippen LogP contribution in [0.4, 0.5) is 0 Å². The van der Waals surface area contributed by atoms with Gasteiger partial charge in [-0.2, -0.15) is 0 Å². The van der Waals surface area contributed by atoms with Crippen molar-refractivity contribution in [2.45, 2.75) is 58.0 Å². The van der Waals surface area contributed by atoms with Gasteiger partial charge in [-0.15, -0.1) is 0 Å². The molecule has 1 aromatic rings. The van der Waals surface area contributed by atoms with Gasteiger partial charge in [0.1, 0.15) is 6.04 Å². The molecule has 2 aliphatic rings. The number of fused-ring (bicyclic) bond motifs is 1. The molecule has 1 aliphatic carbocycles. The molecule has 3 atom stereocenters. The van der Waals surface area contributed by atoms with Crippen molar-refractivity contribution in [2.75, 3.05) is 0 Å². The van der Waals surface area contributed by atoms with Crippen molar-refractivity contribution in [3.05, 3.63) is 34.9 Å². The molecular weight excluding hydrogens is 278 g/mol. The first-order chi connectivity index (χ1) is 10.5. The lowest BCUT2D eigenvalue weighted by Gasteiger charge is -2.33. The third-order valence-electron chi connectivity index (χ3n) is 5.23. The Morgan fingerprint density at radius 3 is 2.64 bits per heavy atom. The summed E-state index contributed by atoms with van der Waals surface area (Å²) in [5.74, 6) is -0.625. The minimum atomic E-state index is -0.868. The highest BCUT2D eigenvalue weighted by Crippen LogP contribution is 2.40. The van der Waals surface area contributed by atoms with Crippen LogP contribution >= 0.6 is 0 Å². The summed E-state index contributed by atoms with van der Waals surface area (Å²) in [6.07, 6.45) is 4.83. The standard InChI is InChI=1S/C18H23NO3/c1-11-7-8-12(2)14(9-11)17(20)19-15-6-4-3-5-13(15)10-16(19)18(21)22/h7-9,13,15-16H,3-6,10H2,1-2H3,(H,21,22). The number of amides is 1. The minimum Gasteiger partial charge on any atom is -0.480 e. The van der Waals surface area contributed by atoms with E-state index >= 15 is 0 Å². The summed E-state index contributed by atoms with van der Waals surface area (Å²) in [5.41, 5.74) is 2.59. The maximum Gasteiger partial charge on any atom is 0.326 e. The third-order valence-corrected chi connectivity index (χ3v) is 5.23. The molecule has 0 radical (unpaired) electrons. The molecule has 3 unspecified atom stereocenters. The number of aryl methyl sites for hydroxylation is 2. The molecular formula is C18H23NO3. The first-order valence-corrected chi connectivity index (χ1v) is 8.11. The van der Waals surface area contributed by atoms with Crippen molar-refractivity contribution in [1.29, 1.82) is 0 Å². The van der Waals surface area contributed by atoms with Gasteiger partial charge in [0.05, 0.1) is 0 Å². The highest BCUT2D eigenvalue weighted by atomic mass is 16.4. The molecule has 0 spiro atoms. The molecule has 1 N–H and O–H groups in total. The average Bonchev–Trinajstić information content (AvgIpc) is 2.88. The van der Waals surface area contributed by atoms with Crippen molar-refractivity contribution in [1.82, 2.24) is 4.90 Å². The topological polar surface area (TPSA) is 57.6 Å². The van der Waals surface area contributed by atoms with Gasteiger partial charge in [0.15, 0.2) is 0 Å². The molecule has 0 bridgehead atoms. The van der Waals surface area contributed by atoms with Crippen LogP contribution in [-0.4, -0.2) is 34.0 Å². The molecule has 22 heavy (non-hydrogen) atoms. The lowest BCUT2D eigenvalue weighted by molar-refractivity contribution is -0.141. The Kier molecular flexibility index (Phi) is 3.94. The predicted molar refractivity (Wildman–Crippen MR) is 83.9 cm³/mol. The number of hydrogen-bond donors (Lipinski definition) is 1. The van der Waals surface area contributed by atoms with Crippen LogP contribution in [0, 0.1) is 19.8 Å². The Morgan fingerprint density at radius 1 is 1.18 bits per heavy atom. The Bertz CT molecular complexity index is 610. The van der Waals surface area contributed by atoms with E-state index in [4.69, 9.17) is 0 Å². The van der Waals surface area contributed by atoms with Crippen LogP contribution in [0.15, 0.2) is 18.2 Å². The largest absolute Gasteiger partial charge is 0.480 e. The minimum absolute atomic E-state index is 0.0993. The second-order valence-electron chi connectivity index (χ2n) is 6.73. The summed E-state index contributed by atoms with van der Waals surface area (Å²) < 4.78 is 0. The zero-order chi connectivity index (χ0) is 15.9. The van der Waals surface area contributed by atoms with Crippen molar-refractivity contribution in [3.8, 4) is 0 Å². The fraction of sp³-hybridized carbons (Fsp3) is 0.556.